The molecule has 0 aliphatic rings. The summed E-state index contributed by atoms with van der Waals surface area (Å²) in [6.07, 6.45) is 52.1. The van der Waals surface area contributed by atoms with Crippen LogP contribution >= 0.6 is 15.6 Å². The van der Waals surface area contributed by atoms with Crippen LogP contribution in [-0.4, -0.2) is 96.7 Å². The number of rotatable bonds is 70. The maximum atomic E-state index is 13.1. The molecule has 0 bridgehead atoms. The zero-order valence-electron chi connectivity index (χ0n) is 60.2. The largest absolute Gasteiger partial charge is 0.472 e. The monoisotopic (exact) mass is 1360 g/mol. The van der Waals surface area contributed by atoms with Gasteiger partial charge in [0.25, 0.3) is 0 Å². The van der Waals surface area contributed by atoms with Gasteiger partial charge in [-0.25, -0.2) is 9.13 Å². The van der Waals surface area contributed by atoms with Gasteiger partial charge in [-0.05, 0) is 69.1 Å². The fourth-order valence-electron chi connectivity index (χ4n) is 10.7. The molecular weight excluding hydrogens is 1220 g/mol. The molecule has 0 rings (SSSR count). The second-order valence-corrected chi connectivity index (χ2v) is 30.1. The summed E-state index contributed by atoms with van der Waals surface area (Å²) in [5, 5.41) is 10.6. The second kappa shape index (κ2) is 64.2. The Balaban J connectivity index is 5.30. The van der Waals surface area contributed by atoms with Crippen molar-refractivity contribution in [3.8, 4) is 0 Å². The van der Waals surface area contributed by atoms with Crippen molar-refractivity contribution in [3.63, 3.8) is 0 Å². The van der Waals surface area contributed by atoms with Gasteiger partial charge in [-0.1, -0.05) is 297 Å². The lowest BCUT2D eigenvalue weighted by Gasteiger charge is -2.21. The summed E-state index contributed by atoms with van der Waals surface area (Å²) < 4.78 is 68.4. The highest BCUT2D eigenvalue weighted by Crippen LogP contribution is 2.45. The van der Waals surface area contributed by atoms with E-state index in [-0.39, 0.29) is 25.7 Å². The number of hydrogen-bond donors (Lipinski definition) is 3. The van der Waals surface area contributed by atoms with Crippen molar-refractivity contribution >= 4 is 39.5 Å². The summed E-state index contributed by atoms with van der Waals surface area (Å²) >= 11 is 0. The Labute approximate surface area is 567 Å². The zero-order chi connectivity index (χ0) is 68.7. The molecule has 0 radical (unpaired) electrons. The number of unbranched alkanes of at least 4 members (excludes halogenated alkanes) is 34. The number of ether oxygens (including phenoxy) is 4. The molecule has 0 saturated carbocycles. The highest BCUT2D eigenvalue weighted by molar-refractivity contribution is 7.47. The molecule has 93 heavy (non-hydrogen) atoms. The molecule has 0 aromatic carbocycles. The quantitative estimate of drug-likeness (QED) is 0.0169. The summed E-state index contributed by atoms with van der Waals surface area (Å²) in [4.78, 5) is 72.7. The number of phosphoric ester groups is 2. The van der Waals surface area contributed by atoms with Gasteiger partial charge in [0.15, 0.2) is 12.2 Å². The maximum absolute atomic E-state index is 13.1. The van der Waals surface area contributed by atoms with Crippen molar-refractivity contribution in [1.82, 2.24) is 0 Å². The summed E-state index contributed by atoms with van der Waals surface area (Å²) in [6.45, 7) is 11.8. The Kier molecular flexibility index (Phi) is 62.5. The smallest absolute Gasteiger partial charge is 0.462 e. The lowest BCUT2D eigenvalue weighted by Crippen LogP contribution is -2.30. The van der Waals surface area contributed by atoms with E-state index < -0.39 is 97.5 Å². The molecule has 17 nitrogen and oxygen atoms in total. The number of hydrogen-bond acceptors (Lipinski definition) is 15. The highest BCUT2D eigenvalue weighted by atomic mass is 31.2. The SMILES string of the molecule is CCCCCC/C=C\C=C/CCCCCCCC(=O)OC[C@H](COP(=O)(O)OCC(O)COP(=O)(O)OC[C@@H](COC(=O)CCCCCCCCCCC(C)C)OC(=O)CCCCCCCCCCC(C)CC)OC(=O)CCCCCCCCCCCCCCC(C)C. The van der Waals surface area contributed by atoms with Crippen LogP contribution in [0.1, 0.15) is 350 Å². The third-order valence-electron chi connectivity index (χ3n) is 16.9. The summed E-state index contributed by atoms with van der Waals surface area (Å²) in [5.74, 6) is 0.114. The van der Waals surface area contributed by atoms with Crippen LogP contribution in [0.5, 0.6) is 0 Å². The van der Waals surface area contributed by atoms with Crippen LogP contribution in [-0.2, 0) is 65.4 Å². The van der Waals surface area contributed by atoms with Crippen LogP contribution in [0, 0.1) is 17.8 Å². The predicted molar refractivity (Wildman–Crippen MR) is 377 cm³/mol. The topological polar surface area (TPSA) is 237 Å². The number of esters is 4. The van der Waals surface area contributed by atoms with Crippen LogP contribution in [0.3, 0.4) is 0 Å². The van der Waals surface area contributed by atoms with E-state index in [1.807, 2.05) is 0 Å². The van der Waals surface area contributed by atoms with Gasteiger partial charge in [0.2, 0.25) is 0 Å². The third-order valence-corrected chi connectivity index (χ3v) is 18.8. The zero-order valence-corrected chi connectivity index (χ0v) is 62.0. The normalized spacial score (nSPS) is 14.6. The van der Waals surface area contributed by atoms with Gasteiger partial charge in [0.05, 0.1) is 26.4 Å². The molecule has 0 fully saturated rings. The Bertz CT molecular complexity index is 1910. The van der Waals surface area contributed by atoms with E-state index in [0.717, 1.165) is 127 Å². The van der Waals surface area contributed by atoms with Gasteiger partial charge in [0, 0.05) is 25.7 Å². The van der Waals surface area contributed by atoms with E-state index in [9.17, 15) is 43.2 Å². The van der Waals surface area contributed by atoms with Gasteiger partial charge in [-0.2, -0.15) is 0 Å². The van der Waals surface area contributed by atoms with Crippen molar-refractivity contribution in [2.24, 2.45) is 17.8 Å². The molecule has 3 N–H and O–H groups in total. The van der Waals surface area contributed by atoms with E-state index in [2.05, 4.69) is 72.8 Å². The number of aliphatic hydroxyl groups excluding tert-OH is 1. The van der Waals surface area contributed by atoms with Crippen LogP contribution in [0.15, 0.2) is 24.3 Å². The molecule has 0 amide bonds. The molecule has 4 unspecified atom stereocenters. The van der Waals surface area contributed by atoms with E-state index in [1.165, 1.54) is 141 Å². The molecule has 19 heteroatoms. The van der Waals surface area contributed by atoms with Crippen molar-refractivity contribution < 1.29 is 80.2 Å². The molecule has 0 aromatic rings. The average Bonchev–Trinajstić information content (AvgIpc) is 1.51. The first kappa shape index (κ1) is 90.5. The van der Waals surface area contributed by atoms with Crippen molar-refractivity contribution in [2.45, 2.75) is 369 Å². The lowest BCUT2D eigenvalue weighted by atomic mass is 9.99. The van der Waals surface area contributed by atoms with E-state index >= 15 is 0 Å². The number of aliphatic hydroxyl groups is 1. The first-order valence-corrected chi connectivity index (χ1v) is 40.7. The Morgan fingerprint density at radius 3 is 0.957 bits per heavy atom. The Morgan fingerprint density at radius 2 is 0.634 bits per heavy atom. The van der Waals surface area contributed by atoms with Crippen molar-refractivity contribution in [3.05, 3.63) is 24.3 Å². The number of allylic oxidation sites excluding steroid dienone is 4. The maximum Gasteiger partial charge on any atom is 0.472 e. The van der Waals surface area contributed by atoms with Gasteiger partial charge >= 0.3 is 39.5 Å². The van der Waals surface area contributed by atoms with Crippen LogP contribution in [0.4, 0.5) is 0 Å². The fraction of sp³-hybridized carbons (Fsp3) is 0.892. The van der Waals surface area contributed by atoms with E-state index in [1.54, 1.807) is 0 Å². The average molecular weight is 1360 g/mol. The van der Waals surface area contributed by atoms with Gasteiger partial charge in [-0.15, -0.1) is 0 Å². The Hall–Kier alpha value is -2.46. The minimum atomic E-state index is -4.96. The number of carbonyl (C=O) groups excluding carboxylic acids is 4. The fourth-order valence-corrected chi connectivity index (χ4v) is 12.3. The molecule has 0 aliphatic heterocycles. The van der Waals surface area contributed by atoms with Gasteiger partial charge < -0.3 is 33.8 Å². The van der Waals surface area contributed by atoms with Crippen molar-refractivity contribution in [1.29, 1.82) is 0 Å². The highest BCUT2D eigenvalue weighted by Gasteiger charge is 2.30. The molecule has 0 spiro atoms. The van der Waals surface area contributed by atoms with Crippen LogP contribution in [0.2, 0.25) is 0 Å². The number of carbonyl (C=O) groups is 4. The number of phosphoric acid groups is 2. The van der Waals surface area contributed by atoms with Gasteiger partial charge in [-0.3, -0.25) is 37.3 Å². The lowest BCUT2D eigenvalue weighted by molar-refractivity contribution is -0.161. The van der Waals surface area contributed by atoms with E-state index in [4.69, 9.17) is 37.0 Å². The molecule has 0 heterocycles. The van der Waals surface area contributed by atoms with Crippen molar-refractivity contribution in [2.75, 3.05) is 39.6 Å². The molecule has 0 saturated heterocycles. The summed E-state index contributed by atoms with van der Waals surface area (Å²) in [5.41, 5.74) is 0. The summed E-state index contributed by atoms with van der Waals surface area (Å²) in [6, 6.07) is 0. The molecule has 0 aliphatic carbocycles. The third kappa shape index (κ3) is 66.6. The first-order chi connectivity index (χ1) is 44.8. The second-order valence-electron chi connectivity index (χ2n) is 27.2. The molecule has 0 aromatic heterocycles. The molecule has 548 valence electrons. The Morgan fingerprint density at radius 1 is 0.355 bits per heavy atom. The van der Waals surface area contributed by atoms with Crippen LogP contribution in [0.25, 0.3) is 0 Å². The van der Waals surface area contributed by atoms with Gasteiger partial charge in [0.1, 0.15) is 19.3 Å². The summed E-state index contributed by atoms with van der Waals surface area (Å²) in [7, 11) is -9.92. The first-order valence-electron chi connectivity index (χ1n) is 37.7. The predicted octanol–water partition coefficient (Wildman–Crippen LogP) is 21.0. The van der Waals surface area contributed by atoms with Crippen LogP contribution < -0.4 is 0 Å². The molecular formula is C74H140O17P2. The van der Waals surface area contributed by atoms with E-state index in [0.29, 0.717) is 25.7 Å². The minimum Gasteiger partial charge on any atom is -0.462 e. The molecule has 6 atom stereocenters. The minimum absolute atomic E-state index is 0.0995. The standard InChI is InChI=1S/C74H140O17P2/c1-8-10-11-12-13-14-15-16-17-18-22-25-34-41-48-55-71(76)84-61-69(90-73(78)57-50-43-36-26-23-20-19-21-24-31-38-45-52-65(3)4)63-88-92(80,81)86-59-68(75)60-87-93(82,83)89-64-70(62-85-72(77)56-49-42-35-29-27-32-39-46-53-66(5)6)91-74(79)58-51-44-37-30-28-33-40-47-54-67(7)9-2/h14-17,65-70,75H,8-13,18-64H2,1-7H3,(H,80,81)(H,82,83)/b15-14-,17-16-/t67?,68?,69-,70-/m1/s1.